The van der Waals surface area contributed by atoms with Crippen LogP contribution < -0.4 is 19.5 Å². The van der Waals surface area contributed by atoms with E-state index in [1.807, 2.05) is 18.2 Å². The summed E-state index contributed by atoms with van der Waals surface area (Å²) >= 11 is 6.12. The highest BCUT2D eigenvalue weighted by molar-refractivity contribution is 7.91. The molecule has 0 fully saturated rings. The van der Waals surface area contributed by atoms with Crippen LogP contribution in [0.2, 0.25) is 5.02 Å². The maximum atomic E-state index is 13.4. The van der Waals surface area contributed by atoms with Gasteiger partial charge in [0.2, 0.25) is 10.0 Å². The van der Waals surface area contributed by atoms with Crippen molar-refractivity contribution in [2.45, 2.75) is 18.0 Å². The van der Waals surface area contributed by atoms with Crippen LogP contribution in [0.25, 0.3) is 0 Å². The van der Waals surface area contributed by atoms with Gasteiger partial charge in [-0.25, -0.2) is 17.4 Å². The molecule has 0 aliphatic heterocycles. The van der Waals surface area contributed by atoms with Crippen LogP contribution in [-0.4, -0.2) is 16.8 Å². The minimum atomic E-state index is -4.16. The summed E-state index contributed by atoms with van der Waals surface area (Å²) in [4.78, 5) is -0.163. The summed E-state index contributed by atoms with van der Waals surface area (Å²) < 4.78 is 58.7. The molecule has 0 saturated carbocycles. The molecule has 4 aromatic carbocycles. The van der Waals surface area contributed by atoms with Crippen LogP contribution in [0.3, 0.4) is 0 Å². The van der Waals surface area contributed by atoms with Gasteiger partial charge in [0.25, 0.3) is 0 Å². The zero-order chi connectivity index (χ0) is 26.5. The lowest BCUT2D eigenvalue weighted by Gasteiger charge is -2.26. The molecular weight excluding hydrogens is 532 g/mol. The van der Waals surface area contributed by atoms with Gasteiger partial charge in [0.1, 0.15) is 0 Å². The molecule has 0 spiro atoms. The van der Waals surface area contributed by atoms with Gasteiger partial charge in [0.15, 0.2) is 0 Å². The monoisotopic (exact) mass is 555 g/mol. The van der Waals surface area contributed by atoms with Gasteiger partial charge in [-0.2, -0.15) is 13.1 Å². The lowest BCUT2D eigenvalue weighted by atomic mass is 10.2. The van der Waals surface area contributed by atoms with Crippen LogP contribution in [0.5, 0.6) is 0 Å². The predicted octanol–water partition coefficient (Wildman–Crippen LogP) is 4.37. The highest BCUT2D eigenvalue weighted by Gasteiger charge is 2.27. The van der Waals surface area contributed by atoms with E-state index in [2.05, 4.69) is 15.5 Å². The second-order valence-electron chi connectivity index (χ2n) is 7.97. The van der Waals surface area contributed by atoms with E-state index in [1.54, 1.807) is 66.7 Å². The maximum absolute atomic E-state index is 13.4. The second kappa shape index (κ2) is 11.3. The standard InChI is InChI=1S/C26H24ClN4O4S2/c27-24-14-8-7-11-21(24)19-29-36(32,33)23-15-16-26(25(28)17-23)31(22-12-5-2-6-13-22)37(34,35)30-18-20-9-3-1-4-10-20/h1-15,17,29-30H,18-19,28H2. The summed E-state index contributed by atoms with van der Waals surface area (Å²) in [5, 5.41) is 0.429. The Kier molecular flexibility index (Phi) is 8.16. The van der Waals surface area contributed by atoms with E-state index in [9.17, 15) is 16.8 Å². The van der Waals surface area contributed by atoms with Gasteiger partial charge in [-0.3, -0.25) is 0 Å². The van der Waals surface area contributed by atoms with Crippen LogP contribution in [-0.2, 0) is 33.3 Å². The zero-order valence-corrected chi connectivity index (χ0v) is 21.9. The fourth-order valence-corrected chi connectivity index (χ4v) is 5.99. The Balaban J connectivity index is 1.64. The first-order valence-electron chi connectivity index (χ1n) is 11.1. The van der Waals surface area contributed by atoms with Crippen molar-refractivity contribution in [2.24, 2.45) is 0 Å². The zero-order valence-electron chi connectivity index (χ0n) is 19.5. The number of hydrogen-bond donors (Lipinski definition) is 3. The minimum absolute atomic E-state index is 0.0168. The number of nitrogens with one attached hydrogen (secondary N) is 2. The average molecular weight is 556 g/mol. The Hall–Kier alpha value is -3.41. The summed E-state index contributed by atoms with van der Waals surface area (Å²) in [5.74, 6) is 0. The first-order valence-corrected chi connectivity index (χ1v) is 14.4. The Morgan fingerprint density at radius 2 is 1.43 bits per heavy atom. The Morgan fingerprint density at radius 1 is 0.811 bits per heavy atom. The number of para-hydroxylation sites is 1. The van der Waals surface area contributed by atoms with Crippen molar-refractivity contribution >= 4 is 48.9 Å². The van der Waals surface area contributed by atoms with Crippen LogP contribution in [0.4, 0.5) is 17.1 Å². The molecule has 0 unspecified atom stereocenters. The number of benzene rings is 4. The third kappa shape index (κ3) is 6.48. The molecule has 0 heterocycles. The number of nitrogens with zero attached hydrogens (tertiary/aromatic N) is 1. The molecule has 1 radical (unpaired) electrons. The van der Waals surface area contributed by atoms with Crippen molar-refractivity contribution in [1.82, 2.24) is 9.44 Å². The summed E-state index contributed by atoms with van der Waals surface area (Å²) in [6.07, 6.45) is 0. The Morgan fingerprint density at radius 3 is 2.08 bits per heavy atom. The Labute approximate surface area is 221 Å². The molecule has 4 rings (SSSR count). The molecule has 11 heteroatoms. The van der Waals surface area contributed by atoms with Gasteiger partial charge in [-0.15, -0.1) is 0 Å². The Bertz CT molecular complexity index is 1580. The largest absolute Gasteiger partial charge is 0.397 e. The van der Waals surface area contributed by atoms with Gasteiger partial charge in [-0.1, -0.05) is 78.3 Å². The molecule has 0 aliphatic rings. The molecule has 0 bridgehead atoms. The first kappa shape index (κ1) is 26.6. The highest BCUT2D eigenvalue weighted by Crippen LogP contribution is 2.34. The van der Waals surface area contributed by atoms with Gasteiger partial charge in [0, 0.05) is 24.2 Å². The van der Waals surface area contributed by atoms with Crippen LogP contribution in [0, 0.1) is 6.07 Å². The van der Waals surface area contributed by atoms with Crippen molar-refractivity contribution in [3.05, 3.63) is 119 Å². The van der Waals surface area contributed by atoms with Crippen molar-refractivity contribution in [3.8, 4) is 0 Å². The number of halogens is 1. The van der Waals surface area contributed by atoms with Gasteiger partial charge in [-0.05, 0) is 41.5 Å². The van der Waals surface area contributed by atoms with Crippen LogP contribution in [0.1, 0.15) is 11.1 Å². The minimum Gasteiger partial charge on any atom is -0.397 e. The van der Waals surface area contributed by atoms with E-state index in [0.29, 0.717) is 16.3 Å². The number of sulfonamides is 1. The molecule has 0 atom stereocenters. The van der Waals surface area contributed by atoms with Crippen molar-refractivity contribution in [2.75, 3.05) is 10.0 Å². The molecule has 0 saturated heterocycles. The number of hydrogen-bond acceptors (Lipinski definition) is 5. The average Bonchev–Trinajstić information content (AvgIpc) is 2.89. The van der Waals surface area contributed by atoms with E-state index in [1.165, 1.54) is 12.1 Å². The van der Waals surface area contributed by atoms with Crippen molar-refractivity contribution in [1.29, 1.82) is 0 Å². The first-order chi connectivity index (χ1) is 17.7. The molecule has 37 heavy (non-hydrogen) atoms. The fraction of sp³-hybridized carbons (Fsp3) is 0.0769. The topological polar surface area (TPSA) is 122 Å². The van der Waals surface area contributed by atoms with Gasteiger partial charge < -0.3 is 5.73 Å². The normalized spacial score (nSPS) is 11.8. The SMILES string of the molecule is Nc1cc(S(=O)(=O)NCc2ccccc2Cl)c[c]c1N(c1ccccc1)S(=O)(=O)NCc1ccccc1. The maximum Gasteiger partial charge on any atom is 0.306 e. The quantitative estimate of drug-likeness (QED) is 0.251. The third-order valence-electron chi connectivity index (χ3n) is 5.38. The highest BCUT2D eigenvalue weighted by atomic mass is 35.5. The molecule has 0 amide bonds. The molecule has 4 aromatic rings. The molecule has 0 aromatic heterocycles. The summed E-state index contributed by atoms with van der Waals surface area (Å²) in [7, 11) is -8.15. The van der Waals surface area contributed by atoms with E-state index >= 15 is 0 Å². The van der Waals surface area contributed by atoms with Gasteiger partial charge in [0.05, 0.1) is 22.0 Å². The van der Waals surface area contributed by atoms with Crippen molar-refractivity contribution in [3.63, 3.8) is 0 Å². The lowest BCUT2D eigenvalue weighted by molar-refractivity contribution is 0.580. The molecule has 0 aliphatic carbocycles. The predicted molar refractivity (Wildman–Crippen MR) is 146 cm³/mol. The molecule has 191 valence electrons. The molecule has 8 nitrogen and oxygen atoms in total. The van der Waals surface area contributed by atoms with Gasteiger partial charge >= 0.3 is 10.2 Å². The van der Waals surface area contributed by atoms with E-state index in [4.69, 9.17) is 17.3 Å². The summed E-state index contributed by atoms with van der Waals surface area (Å²) in [6, 6.07) is 29.4. The third-order valence-corrected chi connectivity index (χ3v) is 8.51. The molecular formula is C26H24ClN4O4S2. The molecule has 4 N–H and O–H groups in total. The summed E-state index contributed by atoms with van der Waals surface area (Å²) in [5.41, 5.74) is 7.78. The van der Waals surface area contributed by atoms with E-state index in [-0.39, 0.29) is 29.4 Å². The van der Waals surface area contributed by atoms with E-state index in [0.717, 1.165) is 9.87 Å². The second-order valence-corrected chi connectivity index (χ2v) is 11.7. The smallest absolute Gasteiger partial charge is 0.306 e. The van der Waals surface area contributed by atoms with Crippen LogP contribution >= 0.6 is 11.6 Å². The van der Waals surface area contributed by atoms with E-state index < -0.39 is 20.2 Å². The number of anilines is 3. The lowest BCUT2D eigenvalue weighted by Crippen LogP contribution is -2.38. The number of nitrogen functional groups attached to an aromatic ring is 1. The number of nitrogens with two attached hydrogens (primary N) is 1. The number of rotatable bonds is 10. The van der Waals surface area contributed by atoms with Crippen LogP contribution in [0.15, 0.2) is 102 Å². The summed E-state index contributed by atoms with van der Waals surface area (Å²) in [6.45, 7) is 0.0163. The fourth-order valence-electron chi connectivity index (χ4n) is 3.50. The van der Waals surface area contributed by atoms with Crippen molar-refractivity contribution < 1.29 is 16.8 Å².